The highest BCUT2D eigenvalue weighted by Crippen LogP contribution is 2.32. The van der Waals surface area contributed by atoms with Gasteiger partial charge in [0.15, 0.2) is 0 Å². The molecule has 0 atom stereocenters. The van der Waals surface area contributed by atoms with E-state index < -0.39 is 27.5 Å². The topological polar surface area (TPSA) is 186 Å². The van der Waals surface area contributed by atoms with Gasteiger partial charge in [-0.2, -0.15) is 0 Å². The Labute approximate surface area is 186 Å². The summed E-state index contributed by atoms with van der Waals surface area (Å²) in [6, 6.07) is 4.99. The molecule has 0 unspecified atom stereocenters. The number of non-ortho nitro benzene ring substituents is 1. The Balaban J connectivity index is 1.74. The summed E-state index contributed by atoms with van der Waals surface area (Å²) in [6.45, 7) is 3.06. The fourth-order valence-corrected chi connectivity index (χ4v) is 3.12. The highest BCUT2D eigenvalue weighted by atomic mass is 16.6. The first kappa shape index (κ1) is 23.1. The fraction of sp³-hybridized carbons (Fsp3) is 0.333. The average molecular weight is 460 g/mol. The first-order valence-electron chi connectivity index (χ1n) is 9.78. The summed E-state index contributed by atoms with van der Waals surface area (Å²) >= 11 is 0. The molecule has 15 nitrogen and oxygen atoms in total. The van der Waals surface area contributed by atoms with Crippen LogP contribution in [0.2, 0.25) is 0 Å². The standard InChI is InChI=1S/C18H20N8O7/c1-2-33-18(28)24-8-6-23(7-9-24)16-14(26(31)32)15(19-11-20-16)21-22-17(27)12-4-3-5-13(10-12)25(29)30/h3-5,10-11H,2,6-9H2,1H3,(H,22,27)(H,19,20,21). The third kappa shape index (κ3) is 5.38. The molecule has 1 aliphatic rings. The number of nitrogens with one attached hydrogen (secondary N) is 2. The number of hydrogen-bond acceptors (Lipinski definition) is 11. The number of ether oxygens (including phenoxy) is 1. The molecule has 174 valence electrons. The summed E-state index contributed by atoms with van der Waals surface area (Å²) < 4.78 is 4.96. The SMILES string of the molecule is CCOC(=O)N1CCN(c2ncnc(NNC(=O)c3cccc([N+](=O)[O-])c3)c2[N+](=O)[O-])CC1. The highest BCUT2D eigenvalue weighted by Gasteiger charge is 2.31. The highest BCUT2D eigenvalue weighted by molar-refractivity contribution is 5.95. The summed E-state index contributed by atoms with van der Waals surface area (Å²) in [6.07, 6.45) is 0.641. The Hall–Kier alpha value is -4.56. The average Bonchev–Trinajstić information content (AvgIpc) is 2.82. The molecular weight excluding hydrogens is 440 g/mol. The minimum absolute atomic E-state index is 0.0191. The Morgan fingerprint density at radius 2 is 1.85 bits per heavy atom. The van der Waals surface area contributed by atoms with E-state index in [9.17, 15) is 29.8 Å². The molecule has 2 heterocycles. The molecule has 0 radical (unpaired) electrons. The normalized spacial score (nSPS) is 13.2. The van der Waals surface area contributed by atoms with Crippen LogP contribution in [-0.2, 0) is 4.74 Å². The number of nitro groups is 2. The van der Waals surface area contributed by atoms with Crippen LogP contribution in [0.15, 0.2) is 30.6 Å². The minimum atomic E-state index is -0.754. The summed E-state index contributed by atoms with van der Waals surface area (Å²) in [5.74, 6) is -1.00. The molecule has 1 saturated heterocycles. The second kappa shape index (κ2) is 10.2. The lowest BCUT2D eigenvalue weighted by molar-refractivity contribution is -0.384. The number of aromatic nitrogens is 2. The summed E-state index contributed by atoms with van der Waals surface area (Å²) in [4.78, 5) is 56.5. The van der Waals surface area contributed by atoms with E-state index in [1.54, 1.807) is 11.8 Å². The molecule has 1 aliphatic heterocycles. The molecule has 2 N–H and O–H groups in total. The molecule has 1 fully saturated rings. The van der Waals surface area contributed by atoms with Crippen molar-refractivity contribution < 1.29 is 24.2 Å². The third-order valence-corrected chi connectivity index (χ3v) is 4.70. The van der Waals surface area contributed by atoms with E-state index in [0.29, 0.717) is 0 Å². The Kier molecular flexibility index (Phi) is 7.12. The number of hydrogen-bond donors (Lipinski definition) is 2. The quantitative estimate of drug-likeness (QED) is 0.448. The summed E-state index contributed by atoms with van der Waals surface area (Å²) in [5.41, 5.74) is 3.87. The van der Waals surface area contributed by atoms with Crippen LogP contribution in [0.4, 0.5) is 27.8 Å². The van der Waals surface area contributed by atoms with E-state index in [1.165, 1.54) is 23.1 Å². The van der Waals surface area contributed by atoms with E-state index in [0.717, 1.165) is 12.4 Å². The van der Waals surface area contributed by atoms with Gasteiger partial charge in [-0.25, -0.2) is 14.8 Å². The predicted molar refractivity (Wildman–Crippen MR) is 114 cm³/mol. The predicted octanol–water partition coefficient (Wildman–Crippen LogP) is 1.33. The van der Waals surface area contributed by atoms with Gasteiger partial charge in [0.1, 0.15) is 6.33 Å². The molecule has 3 rings (SSSR count). The maximum atomic E-state index is 12.3. The van der Waals surface area contributed by atoms with Crippen molar-refractivity contribution in [2.75, 3.05) is 43.1 Å². The van der Waals surface area contributed by atoms with Gasteiger partial charge in [-0.05, 0) is 13.0 Å². The molecule has 0 bridgehead atoms. The van der Waals surface area contributed by atoms with Crippen molar-refractivity contribution in [1.82, 2.24) is 20.3 Å². The summed E-state index contributed by atoms with van der Waals surface area (Å²) in [5, 5.41) is 22.6. The second-order valence-electron chi connectivity index (χ2n) is 6.71. The van der Waals surface area contributed by atoms with Crippen molar-refractivity contribution in [3.05, 3.63) is 56.4 Å². The molecular formula is C18H20N8O7. The zero-order valence-electron chi connectivity index (χ0n) is 17.5. The fourth-order valence-electron chi connectivity index (χ4n) is 3.12. The van der Waals surface area contributed by atoms with Crippen molar-refractivity contribution in [1.29, 1.82) is 0 Å². The number of amides is 2. The number of nitro benzene ring substituents is 1. The largest absolute Gasteiger partial charge is 0.450 e. The van der Waals surface area contributed by atoms with Crippen LogP contribution >= 0.6 is 0 Å². The second-order valence-corrected chi connectivity index (χ2v) is 6.71. The van der Waals surface area contributed by atoms with E-state index in [2.05, 4.69) is 20.8 Å². The van der Waals surface area contributed by atoms with Crippen molar-refractivity contribution in [2.24, 2.45) is 0 Å². The van der Waals surface area contributed by atoms with Crippen LogP contribution in [-0.4, -0.2) is 69.5 Å². The zero-order chi connectivity index (χ0) is 24.0. The Morgan fingerprint density at radius 1 is 1.12 bits per heavy atom. The van der Waals surface area contributed by atoms with E-state index in [-0.39, 0.29) is 55.7 Å². The molecule has 15 heteroatoms. The van der Waals surface area contributed by atoms with E-state index in [4.69, 9.17) is 4.74 Å². The van der Waals surface area contributed by atoms with Crippen LogP contribution in [0.3, 0.4) is 0 Å². The molecule has 1 aromatic carbocycles. The van der Waals surface area contributed by atoms with Gasteiger partial charge in [0.25, 0.3) is 11.6 Å². The number of rotatable bonds is 7. The number of anilines is 2. The molecule has 2 aromatic rings. The first-order valence-corrected chi connectivity index (χ1v) is 9.78. The van der Waals surface area contributed by atoms with Gasteiger partial charge in [-0.1, -0.05) is 6.07 Å². The molecule has 0 saturated carbocycles. The molecule has 0 spiro atoms. The minimum Gasteiger partial charge on any atom is -0.450 e. The van der Waals surface area contributed by atoms with Crippen molar-refractivity contribution in [2.45, 2.75) is 6.92 Å². The van der Waals surface area contributed by atoms with Gasteiger partial charge in [-0.15, -0.1) is 0 Å². The zero-order valence-corrected chi connectivity index (χ0v) is 17.5. The van der Waals surface area contributed by atoms with E-state index >= 15 is 0 Å². The van der Waals surface area contributed by atoms with Crippen molar-refractivity contribution >= 4 is 35.0 Å². The molecule has 1 aromatic heterocycles. The van der Waals surface area contributed by atoms with Gasteiger partial charge >= 0.3 is 11.8 Å². The number of nitrogens with zero attached hydrogens (tertiary/aromatic N) is 6. The lowest BCUT2D eigenvalue weighted by Crippen LogP contribution is -2.49. The van der Waals surface area contributed by atoms with Crippen LogP contribution in [0.5, 0.6) is 0 Å². The lowest BCUT2D eigenvalue weighted by atomic mass is 10.2. The Morgan fingerprint density at radius 3 is 2.48 bits per heavy atom. The molecule has 0 aliphatic carbocycles. The Bertz CT molecular complexity index is 1070. The van der Waals surface area contributed by atoms with Gasteiger partial charge < -0.3 is 14.5 Å². The van der Waals surface area contributed by atoms with Crippen molar-refractivity contribution in [3.63, 3.8) is 0 Å². The maximum Gasteiger partial charge on any atom is 0.409 e. The maximum absolute atomic E-state index is 12.3. The molecule has 2 amide bonds. The van der Waals surface area contributed by atoms with Gasteiger partial charge in [0.2, 0.25) is 11.6 Å². The number of benzene rings is 1. The van der Waals surface area contributed by atoms with Crippen LogP contribution in [0, 0.1) is 20.2 Å². The molecule has 33 heavy (non-hydrogen) atoms. The number of hydrazine groups is 1. The van der Waals surface area contributed by atoms with Crippen molar-refractivity contribution in [3.8, 4) is 0 Å². The number of piperazine rings is 1. The number of carbonyl (C=O) groups excluding carboxylic acids is 2. The van der Waals surface area contributed by atoms with E-state index in [1.807, 2.05) is 0 Å². The van der Waals surface area contributed by atoms with Crippen LogP contribution in [0.1, 0.15) is 17.3 Å². The number of carbonyl (C=O) groups is 2. The van der Waals surface area contributed by atoms with Crippen LogP contribution in [0.25, 0.3) is 0 Å². The first-order chi connectivity index (χ1) is 15.8. The van der Waals surface area contributed by atoms with Crippen LogP contribution < -0.4 is 15.8 Å². The lowest BCUT2D eigenvalue weighted by Gasteiger charge is -2.34. The third-order valence-electron chi connectivity index (χ3n) is 4.70. The van der Waals surface area contributed by atoms with Gasteiger partial charge in [0.05, 0.1) is 16.5 Å². The van der Waals surface area contributed by atoms with Gasteiger partial charge in [0, 0.05) is 43.9 Å². The summed E-state index contributed by atoms with van der Waals surface area (Å²) in [7, 11) is 0. The van der Waals surface area contributed by atoms with Gasteiger partial charge in [-0.3, -0.25) is 35.9 Å². The monoisotopic (exact) mass is 460 g/mol. The smallest absolute Gasteiger partial charge is 0.409 e.